The molecule has 0 nitrogen and oxygen atoms in total. The molecule has 1 atom stereocenters. The van der Waals surface area contributed by atoms with E-state index in [1.54, 1.807) is 11.3 Å². The molecule has 90 valence electrons. The first-order valence-electron chi connectivity index (χ1n) is 5.15. The lowest BCUT2D eigenvalue weighted by atomic mass is 10.1. The molecule has 1 unspecified atom stereocenters. The van der Waals surface area contributed by atoms with Gasteiger partial charge in [0.1, 0.15) is 0 Å². The Morgan fingerprint density at radius 3 is 2.47 bits per heavy atom. The molecule has 1 aromatic heterocycles. The summed E-state index contributed by atoms with van der Waals surface area (Å²) < 4.78 is 2.10. The minimum absolute atomic E-state index is 0.0967. The van der Waals surface area contributed by atoms with Crippen LogP contribution in [-0.4, -0.2) is 0 Å². The quantitative estimate of drug-likeness (QED) is 0.531. The summed E-state index contributed by atoms with van der Waals surface area (Å²) in [6.45, 7) is 4.22. The van der Waals surface area contributed by atoms with Crippen molar-refractivity contribution in [1.29, 1.82) is 0 Å². The molecule has 0 amide bonds. The highest BCUT2D eigenvalue weighted by Gasteiger charge is 2.18. The molecule has 0 bridgehead atoms. The van der Waals surface area contributed by atoms with Crippen molar-refractivity contribution in [3.8, 4) is 0 Å². The third-order valence-electron chi connectivity index (χ3n) is 2.54. The van der Waals surface area contributed by atoms with Crippen LogP contribution in [0.2, 0.25) is 0 Å². The molecule has 0 N–H and O–H groups in total. The number of hydrogen-bond acceptors (Lipinski definition) is 1. The standard InChI is InChI=1S/C13H11Br2ClS/c1-7-5-8(2)17-13(7)12(16)10-6-9(14)3-4-11(10)15/h3-6,12H,1-2H3. The van der Waals surface area contributed by atoms with E-state index >= 15 is 0 Å². The Balaban J connectivity index is 2.46. The van der Waals surface area contributed by atoms with E-state index in [0.717, 1.165) is 14.5 Å². The maximum atomic E-state index is 6.59. The van der Waals surface area contributed by atoms with E-state index in [1.807, 2.05) is 12.1 Å². The van der Waals surface area contributed by atoms with Crippen molar-refractivity contribution < 1.29 is 0 Å². The summed E-state index contributed by atoms with van der Waals surface area (Å²) in [4.78, 5) is 2.53. The van der Waals surface area contributed by atoms with Gasteiger partial charge in [0.05, 0.1) is 5.38 Å². The van der Waals surface area contributed by atoms with Gasteiger partial charge in [0.15, 0.2) is 0 Å². The molecule has 0 fully saturated rings. The number of aryl methyl sites for hydroxylation is 2. The predicted molar refractivity (Wildman–Crippen MR) is 83.3 cm³/mol. The van der Waals surface area contributed by atoms with Crippen LogP contribution in [-0.2, 0) is 0 Å². The van der Waals surface area contributed by atoms with E-state index in [9.17, 15) is 0 Å². The fourth-order valence-corrected chi connectivity index (χ4v) is 4.27. The van der Waals surface area contributed by atoms with Crippen LogP contribution < -0.4 is 0 Å². The van der Waals surface area contributed by atoms with Gasteiger partial charge in [0.25, 0.3) is 0 Å². The molecule has 0 radical (unpaired) electrons. The normalized spacial score (nSPS) is 12.8. The Bertz CT molecular complexity index is 548. The smallest absolute Gasteiger partial charge is 0.0941 e. The molecule has 2 rings (SSSR count). The number of thiophene rings is 1. The van der Waals surface area contributed by atoms with E-state index in [-0.39, 0.29) is 5.38 Å². The van der Waals surface area contributed by atoms with Crippen molar-refractivity contribution in [3.05, 3.63) is 54.1 Å². The zero-order chi connectivity index (χ0) is 12.6. The van der Waals surface area contributed by atoms with E-state index in [1.165, 1.54) is 15.3 Å². The van der Waals surface area contributed by atoms with Crippen molar-refractivity contribution >= 4 is 54.8 Å². The zero-order valence-corrected chi connectivity index (χ0v) is 14.2. The molecule has 0 saturated carbocycles. The van der Waals surface area contributed by atoms with Gasteiger partial charge in [-0.25, -0.2) is 0 Å². The van der Waals surface area contributed by atoms with Crippen LogP contribution in [0.5, 0.6) is 0 Å². The van der Waals surface area contributed by atoms with Crippen LogP contribution in [0.25, 0.3) is 0 Å². The van der Waals surface area contributed by atoms with Crippen LogP contribution in [0.3, 0.4) is 0 Å². The molecular formula is C13H11Br2ClS. The van der Waals surface area contributed by atoms with Gasteiger partial charge in [-0.2, -0.15) is 0 Å². The van der Waals surface area contributed by atoms with E-state index in [2.05, 4.69) is 57.8 Å². The lowest BCUT2D eigenvalue weighted by Gasteiger charge is -2.12. The average Bonchev–Trinajstić information content (AvgIpc) is 2.60. The van der Waals surface area contributed by atoms with Gasteiger partial charge in [-0.1, -0.05) is 31.9 Å². The number of benzene rings is 1. The third-order valence-corrected chi connectivity index (χ3v) is 5.56. The Morgan fingerprint density at radius 1 is 1.18 bits per heavy atom. The van der Waals surface area contributed by atoms with Gasteiger partial charge >= 0.3 is 0 Å². The molecule has 0 aliphatic heterocycles. The Kier molecular flexibility index (Phi) is 4.35. The largest absolute Gasteiger partial charge is 0.143 e. The van der Waals surface area contributed by atoms with Crippen molar-refractivity contribution in [2.45, 2.75) is 19.2 Å². The SMILES string of the molecule is Cc1cc(C)c(C(Cl)c2cc(Br)ccc2Br)s1. The molecule has 17 heavy (non-hydrogen) atoms. The maximum Gasteiger partial charge on any atom is 0.0941 e. The molecule has 2 aromatic rings. The first kappa shape index (κ1) is 13.6. The Labute approximate surface area is 127 Å². The van der Waals surface area contributed by atoms with Crippen LogP contribution in [0, 0.1) is 13.8 Å². The van der Waals surface area contributed by atoms with Crippen molar-refractivity contribution in [2.75, 3.05) is 0 Å². The van der Waals surface area contributed by atoms with Crippen LogP contribution in [0.15, 0.2) is 33.2 Å². The summed E-state index contributed by atoms with van der Waals surface area (Å²) in [7, 11) is 0. The highest BCUT2D eigenvalue weighted by Crippen LogP contribution is 2.40. The van der Waals surface area contributed by atoms with Crippen molar-refractivity contribution in [2.24, 2.45) is 0 Å². The number of rotatable bonds is 2. The highest BCUT2D eigenvalue weighted by atomic mass is 79.9. The molecule has 4 heteroatoms. The molecule has 0 saturated heterocycles. The predicted octanol–water partition coefficient (Wildman–Crippen LogP) is 6.22. The highest BCUT2D eigenvalue weighted by molar-refractivity contribution is 9.11. The van der Waals surface area contributed by atoms with Crippen molar-refractivity contribution in [3.63, 3.8) is 0 Å². The summed E-state index contributed by atoms with van der Waals surface area (Å²) in [5.74, 6) is 0. The molecular weight excluding hydrogens is 383 g/mol. The number of hydrogen-bond donors (Lipinski definition) is 0. The summed E-state index contributed by atoms with van der Waals surface area (Å²) in [5, 5.41) is -0.0967. The monoisotopic (exact) mass is 392 g/mol. The van der Waals surface area contributed by atoms with Gasteiger partial charge < -0.3 is 0 Å². The molecule has 1 heterocycles. The Morgan fingerprint density at radius 2 is 1.88 bits per heavy atom. The first-order valence-corrected chi connectivity index (χ1v) is 7.99. The molecule has 0 aliphatic rings. The first-order chi connectivity index (χ1) is 7.99. The summed E-state index contributed by atoms with van der Waals surface area (Å²) in [5.41, 5.74) is 2.37. The zero-order valence-electron chi connectivity index (χ0n) is 9.43. The minimum Gasteiger partial charge on any atom is -0.143 e. The van der Waals surface area contributed by atoms with Gasteiger partial charge in [-0.05, 0) is 49.2 Å². The maximum absolute atomic E-state index is 6.59. The van der Waals surface area contributed by atoms with Gasteiger partial charge in [-0.3, -0.25) is 0 Å². The van der Waals surface area contributed by atoms with E-state index in [0.29, 0.717) is 0 Å². The molecule has 0 spiro atoms. The lowest BCUT2D eigenvalue weighted by molar-refractivity contribution is 1.14. The van der Waals surface area contributed by atoms with Crippen LogP contribution >= 0.6 is 54.8 Å². The van der Waals surface area contributed by atoms with Gasteiger partial charge in [-0.15, -0.1) is 22.9 Å². The van der Waals surface area contributed by atoms with E-state index in [4.69, 9.17) is 11.6 Å². The van der Waals surface area contributed by atoms with Crippen molar-refractivity contribution in [1.82, 2.24) is 0 Å². The third kappa shape index (κ3) is 2.95. The fraction of sp³-hybridized carbons (Fsp3) is 0.231. The van der Waals surface area contributed by atoms with E-state index < -0.39 is 0 Å². The topological polar surface area (TPSA) is 0 Å². The molecule has 0 aliphatic carbocycles. The average molecular weight is 395 g/mol. The summed E-state index contributed by atoms with van der Waals surface area (Å²) in [6, 6.07) is 8.27. The second-order valence-corrected chi connectivity index (χ2v) is 7.43. The minimum atomic E-state index is -0.0967. The van der Waals surface area contributed by atoms with Gasteiger partial charge in [0.2, 0.25) is 0 Å². The second kappa shape index (κ2) is 5.43. The molecule has 1 aromatic carbocycles. The lowest BCUT2D eigenvalue weighted by Crippen LogP contribution is -1.93. The summed E-state index contributed by atoms with van der Waals surface area (Å²) in [6.07, 6.45) is 0. The number of alkyl halides is 1. The van der Waals surface area contributed by atoms with Gasteiger partial charge in [0, 0.05) is 18.7 Å². The second-order valence-electron chi connectivity index (χ2n) is 3.93. The van der Waals surface area contributed by atoms with Crippen LogP contribution in [0.4, 0.5) is 0 Å². The van der Waals surface area contributed by atoms with Crippen LogP contribution in [0.1, 0.15) is 26.3 Å². The Hall–Kier alpha value is 0.170. The number of halogens is 3. The summed E-state index contributed by atoms with van der Waals surface area (Å²) >= 11 is 15.4. The fourth-order valence-electron chi connectivity index (χ4n) is 1.76.